The number of nitrogens with zero attached hydrogens (tertiary/aromatic N) is 1. The number of hydrogen-bond donors (Lipinski definition) is 1. The Morgan fingerprint density at radius 3 is 2.53 bits per heavy atom. The Morgan fingerprint density at radius 1 is 1.32 bits per heavy atom. The Hall–Kier alpha value is -1.03. The van der Waals surface area contributed by atoms with Gasteiger partial charge in [0.15, 0.2) is 0 Å². The molecule has 1 rings (SSSR count). The quantitative estimate of drug-likeness (QED) is 0.830. The molecule has 2 atom stereocenters. The van der Waals surface area contributed by atoms with Gasteiger partial charge in [0.25, 0.3) is 0 Å². The monoisotopic (exact) mass is 282 g/mol. The molecule has 19 heavy (non-hydrogen) atoms. The molecule has 3 nitrogen and oxygen atoms in total. The second-order valence-corrected chi connectivity index (χ2v) is 6.60. The number of thiophene rings is 1. The van der Waals surface area contributed by atoms with E-state index in [1.54, 1.807) is 16.2 Å². The lowest BCUT2D eigenvalue weighted by molar-refractivity contribution is 0.191. The van der Waals surface area contributed by atoms with E-state index in [0.29, 0.717) is 5.92 Å². The zero-order valence-electron chi connectivity index (χ0n) is 12.6. The van der Waals surface area contributed by atoms with E-state index < -0.39 is 0 Å². The zero-order chi connectivity index (χ0) is 14.4. The fraction of sp³-hybridized carbons (Fsp3) is 0.667. The van der Waals surface area contributed by atoms with Gasteiger partial charge in [0.1, 0.15) is 0 Å². The van der Waals surface area contributed by atoms with Crippen LogP contribution in [0.2, 0.25) is 0 Å². The van der Waals surface area contributed by atoms with Crippen molar-refractivity contribution in [3.05, 3.63) is 22.4 Å². The molecule has 0 aromatic carbocycles. The van der Waals surface area contributed by atoms with Crippen LogP contribution in [0, 0.1) is 5.92 Å². The lowest BCUT2D eigenvalue weighted by Gasteiger charge is -2.26. The summed E-state index contributed by atoms with van der Waals surface area (Å²) < 4.78 is 0. The van der Waals surface area contributed by atoms with Gasteiger partial charge in [0, 0.05) is 18.0 Å². The number of carbonyl (C=O) groups excluding carboxylic acids is 1. The van der Waals surface area contributed by atoms with Crippen molar-refractivity contribution >= 4 is 17.4 Å². The van der Waals surface area contributed by atoms with Crippen LogP contribution in [0.25, 0.3) is 0 Å². The maximum atomic E-state index is 12.2. The third kappa shape index (κ3) is 5.23. The van der Waals surface area contributed by atoms with Gasteiger partial charge < -0.3 is 10.2 Å². The molecule has 1 N–H and O–H groups in total. The largest absolute Gasteiger partial charge is 0.336 e. The van der Waals surface area contributed by atoms with Crippen molar-refractivity contribution in [2.75, 3.05) is 7.05 Å². The molecule has 4 heteroatoms. The molecule has 2 amide bonds. The number of urea groups is 1. The van der Waals surface area contributed by atoms with Crippen LogP contribution < -0.4 is 5.32 Å². The fourth-order valence-electron chi connectivity index (χ4n) is 1.86. The summed E-state index contributed by atoms with van der Waals surface area (Å²) in [6, 6.07) is 4.46. The van der Waals surface area contributed by atoms with Crippen LogP contribution in [0.1, 0.15) is 51.5 Å². The molecule has 0 fully saturated rings. The normalized spacial score (nSPS) is 14.2. The number of nitrogens with one attached hydrogen (secondary N) is 1. The SMILES string of the molecule is CC(C)CCC(C)NC(=O)N(C)C(C)c1cccs1. The summed E-state index contributed by atoms with van der Waals surface area (Å²) in [7, 11) is 1.86. The molecule has 0 spiro atoms. The van der Waals surface area contributed by atoms with Crippen LogP contribution in [-0.4, -0.2) is 24.0 Å². The van der Waals surface area contributed by atoms with Gasteiger partial charge in [-0.1, -0.05) is 19.9 Å². The molecule has 2 unspecified atom stereocenters. The zero-order valence-corrected chi connectivity index (χ0v) is 13.5. The van der Waals surface area contributed by atoms with Crippen LogP contribution in [0.15, 0.2) is 17.5 Å². The molecule has 0 saturated carbocycles. The van der Waals surface area contributed by atoms with Gasteiger partial charge in [-0.25, -0.2) is 4.79 Å². The summed E-state index contributed by atoms with van der Waals surface area (Å²) in [6.07, 6.45) is 2.18. The Labute approximate surface area is 121 Å². The molecule has 0 bridgehead atoms. The van der Waals surface area contributed by atoms with Gasteiger partial charge in [-0.05, 0) is 44.1 Å². The maximum absolute atomic E-state index is 12.2. The van der Waals surface area contributed by atoms with Crippen LogP contribution in [0.3, 0.4) is 0 Å². The smallest absolute Gasteiger partial charge is 0.317 e. The Morgan fingerprint density at radius 2 is 2.00 bits per heavy atom. The predicted molar refractivity (Wildman–Crippen MR) is 82.6 cm³/mol. The molecule has 0 aliphatic rings. The summed E-state index contributed by atoms with van der Waals surface area (Å²) in [6.45, 7) is 8.55. The van der Waals surface area contributed by atoms with E-state index in [9.17, 15) is 4.79 Å². The summed E-state index contributed by atoms with van der Waals surface area (Å²) in [5, 5.41) is 5.11. The minimum atomic E-state index is 0.0113. The summed E-state index contributed by atoms with van der Waals surface area (Å²) >= 11 is 1.69. The molecule has 0 radical (unpaired) electrons. The average molecular weight is 282 g/mol. The lowest BCUT2D eigenvalue weighted by atomic mass is 10.0. The van der Waals surface area contributed by atoms with Crippen molar-refractivity contribution in [2.24, 2.45) is 5.92 Å². The van der Waals surface area contributed by atoms with E-state index in [2.05, 4.69) is 39.1 Å². The number of carbonyl (C=O) groups is 1. The van der Waals surface area contributed by atoms with E-state index in [4.69, 9.17) is 0 Å². The first kappa shape index (κ1) is 16.0. The van der Waals surface area contributed by atoms with E-state index in [0.717, 1.165) is 12.8 Å². The van der Waals surface area contributed by atoms with Crippen molar-refractivity contribution < 1.29 is 4.79 Å². The van der Waals surface area contributed by atoms with Crippen molar-refractivity contribution in [3.8, 4) is 0 Å². The fourth-order valence-corrected chi connectivity index (χ4v) is 2.69. The first-order valence-electron chi connectivity index (χ1n) is 6.98. The van der Waals surface area contributed by atoms with E-state index >= 15 is 0 Å². The lowest BCUT2D eigenvalue weighted by Crippen LogP contribution is -2.42. The summed E-state index contributed by atoms with van der Waals surface area (Å²) in [5.41, 5.74) is 0. The van der Waals surface area contributed by atoms with Crippen LogP contribution in [-0.2, 0) is 0 Å². The molecule has 1 aromatic rings. The highest BCUT2D eigenvalue weighted by Crippen LogP contribution is 2.23. The summed E-state index contributed by atoms with van der Waals surface area (Å²) in [4.78, 5) is 15.1. The highest BCUT2D eigenvalue weighted by atomic mass is 32.1. The second-order valence-electron chi connectivity index (χ2n) is 5.62. The van der Waals surface area contributed by atoms with Crippen LogP contribution in [0.5, 0.6) is 0 Å². The van der Waals surface area contributed by atoms with Crippen molar-refractivity contribution in [2.45, 2.75) is 52.6 Å². The highest BCUT2D eigenvalue weighted by Gasteiger charge is 2.19. The summed E-state index contributed by atoms with van der Waals surface area (Å²) in [5.74, 6) is 0.683. The average Bonchev–Trinajstić information content (AvgIpc) is 2.88. The number of rotatable bonds is 6. The first-order chi connectivity index (χ1) is 8.91. The third-order valence-corrected chi connectivity index (χ3v) is 4.45. The molecular formula is C15H26N2OS. The molecule has 0 aliphatic heterocycles. The standard InChI is InChI=1S/C15H26N2OS/c1-11(2)8-9-12(3)16-15(18)17(5)13(4)14-7-6-10-19-14/h6-7,10-13H,8-9H2,1-5H3,(H,16,18). The van der Waals surface area contributed by atoms with Crippen molar-refractivity contribution in [3.63, 3.8) is 0 Å². The van der Waals surface area contributed by atoms with Gasteiger partial charge in [0.2, 0.25) is 0 Å². The predicted octanol–water partition coefficient (Wildman–Crippen LogP) is 4.28. The third-order valence-electron chi connectivity index (χ3n) is 3.40. The Kier molecular flexibility index (Phi) is 6.35. The van der Waals surface area contributed by atoms with Crippen LogP contribution in [0.4, 0.5) is 4.79 Å². The van der Waals surface area contributed by atoms with Gasteiger partial charge in [0.05, 0.1) is 6.04 Å². The van der Waals surface area contributed by atoms with Crippen molar-refractivity contribution in [1.82, 2.24) is 10.2 Å². The Balaban J connectivity index is 2.44. The maximum Gasteiger partial charge on any atom is 0.317 e. The minimum Gasteiger partial charge on any atom is -0.336 e. The van der Waals surface area contributed by atoms with E-state index in [-0.39, 0.29) is 18.1 Å². The minimum absolute atomic E-state index is 0.0113. The molecule has 0 aliphatic carbocycles. The molecular weight excluding hydrogens is 256 g/mol. The number of amides is 2. The Bertz CT molecular complexity index is 376. The van der Waals surface area contributed by atoms with Crippen molar-refractivity contribution in [1.29, 1.82) is 0 Å². The van der Waals surface area contributed by atoms with Gasteiger partial charge in [-0.3, -0.25) is 0 Å². The molecule has 108 valence electrons. The van der Waals surface area contributed by atoms with Crippen LogP contribution >= 0.6 is 11.3 Å². The van der Waals surface area contributed by atoms with Gasteiger partial charge >= 0.3 is 6.03 Å². The highest BCUT2D eigenvalue weighted by molar-refractivity contribution is 7.10. The van der Waals surface area contributed by atoms with Gasteiger partial charge in [-0.15, -0.1) is 11.3 Å². The first-order valence-corrected chi connectivity index (χ1v) is 7.86. The van der Waals surface area contributed by atoms with Gasteiger partial charge in [-0.2, -0.15) is 0 Å². The van der Waals surface area contributed by atoms with E-state index in [1.807, 2.05) is 18.5 Å². The molecule has 1 heterocycles. The molecule has 0 saturated heterocycles. The molecule has 1 aromatic heterocycles. The van der Waals surface area contributed by atoms with E-state index in [1.165, 1.54) is 4.88 Å². The number of hydrogen-bond acceptors (Lipinski definition) is 2. The second kappa shape index (κ2) is 7.53. The topological polar surface area (TPSA) is 32.3 Å².